The number of para-hydroxylation sites is 1. The molecule has 6 heteroatoms. The number of rotatable bonds is 3. The van der Waals surface area contributed by atoms with Crippen LogP contribution in [0.1, 0.15) is 35.8 Å². The number of hydrogen-bond donors (Lipinski definition) is 2. The van der Waals surface area contributed by atoms with Crippen LogP contribution in [0.25, 0.3) is 11.0 Å². The Morgan fingerprint density at radius 1 is 1.39 bits per heavy atom. The third-order valence-corrected chi connectivity index (χ3v) is 5.46. The van der Waals surface area contributed by atoms with E-state index in [0.717, 1.165) is 53.6 Å². The third-order valence-electron chi connectivity index (χ3n) is 4.51. The minimum atomic E-state index is 0.0105. The molecule has 2 aromatic heterocycles. The van der Waals surface area contributed by atoms with Gasteiger partial charge in [0.2, 0.25) is 0 Å². The van der Waals surface area contributed by atoms with Crippen LogP contribution in [-0.4, -0.2) is 33.1 Å². The second-order valence-electron chi connectivity index (χ2n) is 6.16. The number of nitrogens with zero attached hydrogens (tertiary/aromatic N) is 3. The fraction of sp³-hybridized carbons (Fsp3) is 0.412. The molecule has 0 bridgehead atoms. The van der Waals surface area contributed by atoms with Crippen molar-refractivity contribution < 1.29 is 5.11 Å². The summed E-state index contributed by atoms with van der Waals surface area (Å²) < 4.78 is 0. The Kier molecular flexibility index (Phi) is 3.79. The predicted octanol–water partition coefficient (Wildman–Crippen LogP) is 3.20. The molecule has 1 aliphatic heterocycles. The van der Waals surface area contributed by atoms with E-state index in [1.165, 1.54) is 5.56 Å². The summed E-state index contributed by atoms with van der Waals surface area (Å²) in [6.07, 6.45) is 2.28. The Hall–Kier alpha value is -1.92. The zero-order chi connectivity index (χ0) is 15.8. The van der Waals surface area contributed by atoms with Gasteiger partial charge in [0.1, 0.15) is 5.82 Å². The number of aromatic nitrogens is 3. The van der Waals surface area contributed by atoms with Gasteiger partial charge in [-0.25, -0.2) is 9.97 Å². The van der Waals surface area contributed by atoms with Gasteiger partial charge < -0.3 is 15.0 Å². The summed E-state index contributed by atoms with van der Waals surface area (Å²) in [4.78, 5) is 15.2. The van der Waals surface area contributed by atoms with E-state index in [1.807, 2.05) is 5.38 Å². The van der Waals surface area contributed by atoms with Crippen LogP contribution in [0.4, 0.5) is 5.13 Å². The summed E-state index contributed by atoms with van der Waals surface area (Å²) in [5, 5.41) is 12.1. The molecule has 1 aromatic carbocycles. The third kappa shape index (κ3) is 2.72. The highest BCUT2D eigenvalue weighted by atomic mass is 32.1. The number of aliphatic hydroxyl groups excluding tert-OH is 1. The molecule has 1 fully saturated rings. The molecule has 3 heterocycles. The van der Waals surface area contributed by atoms with Crippen molar-refractivity contribution in [2.75, 3.05) is 18.0 Å². The highest BCUT2D eigenvalue weighted by molar-refractivity contribution is 7.13. The SMILES string of the molecule is Cc1cccc2[nH]c([C@H]3CCCN(c4nc(CO)cs4)C3)nc12. The summed E-state index contributed by atoms with van der Waals surface area (Å²) in [6.45, 7) is 4.06. The Balaban J connectivity index is 1.59. The number of H-pyrrole nitrogens is 1. The van der Waals surface area contributed by atoms with Crippen molar-refractivity contribution in [2.24, 2.45) is 0 Å². The van der Waals surface area contributed by atoms with Crippen molar-refractivity contribution in [3.05, 3.63) is 40.7 Å². The van der Waals surface area contributed by atoms with Crippen LogP contribution in [0.15, 0.2) is 23.6 Å². The molecule has 0 aliphatic carbocycles. The van der Waals surface area contributed by atoms with Crippen LogP contribution in [0.2, 0.25) is 0 Å². The van der Waals surface area contributed by atoms with Crippen LogP contribution < -0.4 is 4.90 Å². The average Bonchev–Trinajstić information content (AvgIpc) is 3.22. The fourth-order valence-electron chi connectivity index (χ4n) is 3.28. The zero-order valence-corrected chi connectivity index (χ0v) is 13.9. The average molecular weight is 328 g/mol. The molecule has 23 heavy (non-hydrogen) atoms. The Bertz CT molecular complexity index is 825. The number of benzene rings is 1. The first-order valence-electron chi connectivity index (χ1n) is 8.00. The van der Waals surface area contributed by atoms with Crippen molar-refractivity contribution in [1.29, 1.82) is 0 Å². The number of aryl methyl sites for hydroxylation is 1. The maximum Gasteiger partial charge on any atom is 0.185 e. The topological polar surface area (TPSA) is 65.0 Å². The number of thiazole rings is 1. The molecule has 1 atom stereocenters. The van der Waals surface area contributed by atoms with Crippen LogP contribution in [0.5, 0.6) is 0 Å². The van der Waals surface area contributed by atoms with Gasteiger partial charge in [0.05, 0.1) is 23.3 Å². The number of hydrogen-bond acceptors (Lipinski definition) is 5. The molecular formula is C17H20N4OS. The summed E-state index contributed by atoms with van der Waals surface area (Å²) in [6, 6.07) is 6.26. The number of anilines is 1. The van der Waals surface area contributed by atoms with E-state index in [-0.39, 0.29) is 6.61 Å². The molecule has 3 aromatic rings. The highest BCUT2D eigenvalue weighted by Crippen LogP contribution is 2.31. The van der Waals surface area contributed by atoms with E-state index in [0.29, 0.717) is 5.92 Å². The minimum absolute atomic E-state index is 0.0105. The predicted molar refractivity (Wildman–Crippen MR) is 93.1 cm³/mol. The summed E-state index contributed by atoms with van der Waals surface area (Å²) in [5.41, 5.74) is 4.17. The van der Waals surface area contributed by atoms with Gasteiger partial charge in [-0.3, -0.25) is 0 Å². The summed E-state index contributed by atoms with van der Waals surface area (Å²) in [7, 11) is 0. The highest BCUT2D eigenvalue weighted by Gasteiger charge is 2.25. The molecule has 0 spiro atoms. The van der Waals surface area contributed by atoms with E-state index < -0.39 is 0 Å². The normalized spacial score (nSPS) is 18.7. The number of aliphatic hydroxyl groups is 1. The molecule has 1 aliphatic rings. The van der Waals surface area contributed by atoms with Crippen molar-refractivity contribution in [1.82, 2.24) is 15.0 Å². The van der Waals surface area contributed by atoms with E-state index in [1.54, 1.807) is 11.3 Å². The van der Waals surface area contributed by atoms with Gasteiger partial charge in [-0.2, -0.15) is 0 Å². The standard InChI is InChI=1S/C17H20N4OS/c1-11-4-2-6-14-15(11)20-16(19-14)12-5-3-7-21(8-12)17-18-13(9-22)10-23-17/h2,4,6,10,12,22H,3,5,7-9H2,1H3,(H,19,20)/t12-/m0/s1. The van der Waals surface area contributed by atoms with Crippen LogP contribution >= 0.6 is 11.3 Å². The molecule has 0 radical (unpaired) electrons. The molecule has 0 saturated carbocycles. The quantitative estimate of drug-likeness (QED) is 0.775. The summed E-state index contributed by atoms with van der Waals surface area (Å²) in [5.74, 6) is 1.48. The molecule has 5 nitrogen and oxygen atoms in total. The van der Waals surface area contributed by atoms with E-state index in [4.69, 9.17) is 4.98 Å². The van der Waals surface area contributed by atoms with Crippen molar-refractivity contribution >= 4 is 27.5 Å². The van der Waals surface area contributed by atoms with Gasteiger partial charge in [0, 0.05) is 24.4 Å². The molecule has 0 amide bonds. The monoisotopic (exact) mass is 328 g/mol. The van der Waals surface area contributed by atoms with Crippen molar-refractivity contribution in [2.45, 2.75) is 32.3 Å². The van der Waals surface area contributed by atoms with Crippen molar-refractivity contribution in [3.63, 3.8) is 0 Å². The Morgan fingerprint density at radius 3 is 3.09 bits per heavy atom. The molecule has 4 rings (SSSR count). The molecule has 0 unspecified atom stereocenters. The van der Waals surface area contributed by atoms with Crippen LogP contribution in [-0.2, 0) is 6.61 Å². The smallest absolute Gasteiger partial charge is 0.185 e. The number of nitrogens with one attached hydrogen (secondary N) is 1. The number of imidazole rings is 1. The zero-order valence-electron chi connectivity index (χ0n) is 13.1. The maximum atomic E-state index is 9.20. The Labute approximate surface area is 139 Å². The van der Waals surface area contributed by atoms with Gasteiger partial charge in [-0.15, -0.1) is 11.3 Å². The van der Waals surface area contributed by atoms with E-state index in [2.05, 4.69) is 40.0 Å². The van der Waals surface area contributed by atoms with E-state index >= 15 is 0 Å². The van der Waals surface area contributed by atoms with Gasteiger partial charge in [0.25, 0.3) is 0 Å². The largest absolute Gasteiger partial charge is 0.390 e. The van der Waals surface area contributed by atoms with Gasteiger partial charge in [0.15, 0.2) is 5.13 Å². The number of aromatic amines is 1. The first kappa shape index (κ1) is 14.7. The lowest BCUT2D eigenvalue weighted by Crippen LogP contribution is -2.34. The van der Waals surface area contributed by atoms with E-state index in [9.17, 15) is 5.11 Å². The molecule has 2 N–H and O–H groups in total. The lowest BCUT2D eigenvalue weighted by atomic mass is 9.98. The molecule has 120 valence electrons. The first-order valence-corrected chi connectivity index (χ1v) is 8.88. The minimum Gasteiger partial charge on any atom is -0.390 e. The Morgan fingerprint density at radius 2 is 2.30 bits per heavy atom. The first-order chi connectivity index (χ1) is 11.2. The molecular weight excluding hydrogens is 308 g/mol. The van der Waals surface area contributed by atoms with Crippen LogP contribution in [0.3, 0.4) is 0 Å². The maximum absolute atomic E-state index is 9.20. The van der Waals surface area contributed by atoms with Gasteiger partial charge in [-0.05, 0) is 31.4 Å². The fourth-order valence-corrected chi connectivity index (χ4v) is 4.13. The second-order valence-corrected chi connectivity index (χ2v) is 6.99. The lowest BCUT2D eigenvalue weighted by Gasteiger charge is -2.31. The lowest BCUT2D eigenvalue weighted by molar-refractivity contribution is 0.277. The molecule has 1 saturated heterocycles. The number of fused-ring (bicyclic) bond motifs is 1. The van der Waals surface area contributed by atoms with Crippen molar-refractivity contribution in [3.8, 4) is 0 Å². The number of piperidine rings is 1. The van der Waals surface area contributed by atoms with Gasteiger partial charge >= 0.3 is 0 Å². The van der Waals surface area contributed by atoms with Gasteiger partial charge in [-0.1, -0.05) is 12.1 Å². The summed E-state index contributed by atoms with van der Waals surface area (Å²) >= 11 is 1.61. The second kappa shape index (κ2) is 5.94. The van der Waals surface area contributed by atoms with Crippen LogP contribution in [0, 0.1) is 6.92 Å².